The zero-order valence-corrected chi connectivity index (χ0v) is 18.0. The summed E-state index contributed by atoms with van der Waals surface area (Å²) in [5.41, 5.74) is 1.48. The molecule has 2 heterocycles. The van der Waals surface area contributed by atoms with Crippen LogP contribution in [0.4, 0.5) is 0 Å². The summed E-state index contributed by atoms with van der Waals surface area (Å²) in [5, 5.41) is 21.9. The number of hydrogen-bond donors (Lipinski definition) is 2. The molecule has 2 N–H and O–H groups in total. The van der Waals surface area contributed by atoms with E-state index in [2.05, 4.69) is 0 Å². The summed E-state index contributed by atoms with van der Waals surface area (Å²) in [7, 11) is 0. The van der Waals surface area contributed by atoms with Crippen LogP contribution in [0.15, 0.2) is 64.1 Å². The van der Waals surface area contributed by atoms with Crippen LogP contribution in [0.5, 0.6) is 0 Å². The maximum Gasteiger partial charge on any atom is 0.344 e. The smallest absolute Gasteiger partial charge is 0.344 e. The molecule has 0 aliphatic carbocycles. The van der Waals surface area contributed by atoms with Crippen LogP contribution in [0.25, 0.3) is 0 Å². The molecular weight excluding hydrogens is 431 g/mol. The first-order chi connectivity index (χ1) is 13.7. The third kappa shape index (κ3) is 3.34. The average molecular weight is 449 g/mol. The summed E-state index contributed by atoms with van der Waals surface area (Å²) in [6, 6.07) is 14.5. The topological polar surface area (TPSA) is 73.1 Å². The minimum absolute atomic E-state index is 0.0934. The van der Waals surface area contributed by atoms with Gasteiger partial charge in [0.2, 0.25) is 0 Å². The molecule has 0 radical (unpaired) electrons. The van der Waals surface area contributed by atoms with Gasteiger partial charge in [0.25, 0.3) is 0 Å². The van der Waals surface area contributed by atoms with Crippen LogP contribution in [-0.4, -0.2) is 32.4 Å². The molecule has 150 valence electrons. The fourth-order valence-electron chi connectivity index (χ4n) is 3.92. The van der Waals surface area contributed by atoms with E-state index in [9.17, 15) is 15.0 Å². The van der Waals surface area contributed by atoms with Gasteiger partial charge in [-0.2, -0.15) is 0 Å². The molecule has 29 heavy (non-hydrogen) atoms. The Labute approximate surface area is 182 Å². The number of benzene rings is 2. The van der Waals surface area contributed by atoms with Crippen LogP contribution in [0.1, 0.15) is 31.0 Å². The first-order valence-electron chi connectivity index (χ1n) is 8.96. The number of thioether (sulfide) groups is 1. The van der Waals surface area contributed by atoms with Crippen LogP contribution in [-0.2, 0) is 10.3 Å². The standard InChI is InChI=1S/C21H18Cl2N2O3S/c1-11(26)16-17(19(27)28)29-20-24-21(2,13-5-9-15(23)10-6-13)18(25(16)20)12-3-7-14(22)8-4-12/h3-11,18,26H,1-2H3,(H,27,28)/t11?,18-,21+/m1/s1. The lowest BCUT2D eigenvalue weighted by Gasteiger charge is -2.36. The second-order valence-corrected chi connectivity index (χ2v) is 9.02. The van der Waals surface area contributed by atoms with E-state index in [0.717, 1.165) is 22.9 Å². The Kier molecular flexibility index (Phi) is 5.15. The maximum absolute atomic E-state index is 11.8. The van der Waals surface area contributed by atoms with Crippen molar-refractivity contribution >= 4 is 46.1 Å². The lowest BCUT2D eigenvalue weighted by Crippen LogP contribution is -2.37. The van der Waals surface area contributed by atoms with Gasteiger partial charge < -0.3 is 15.1 Å². The Hall–Kier alpha value is -1.99. The normalized spacial score (nSPS) is 24.5. The van der Waals surface area contributed by atoms with E-state index in [-0.39, 0.29) is 10.9 Å². The summed E-state index contributed by atoms with van der Waals surface area (Å²) >= 11 is 13.2. The van der Waals surface area contributed by atoms with Gasteiger partial charge in [0, 0.05) is 10.0 Å². The van der Waals surface area contributed by atoms with Crippen molar-refractivity contribution in [3.8, 4) is 0 Å². The molecule has 0 fully saturated rings. The van der Waals surface area contributed by atoms with Crippen LogP contribution >= 0.6 is 35.0 Å². The highest BCUT2D eigenvalue weighted by atomic mass is 35.5. The van der Waals surface area contributed by atoms with Crippen LogP contribution < -0.4 is 0 Å². The highest BCUT2D eigenvalue weighted by Gasteiger charge is 2.53. The van der Waals surface area contributed by atoms with Crippen molar-refractivity contribution in [3.05, 3.63) is 80.3 Å². The third-order valence-corrected chi connectivity index (χ3v) is 6.78. The van der Waals surface area contributed by atoms with E-state index in [1.165, 1.54) is 0 Å². The summed E-state index contributed by atoms with van der Waals surface area (Å²) < 4.78 is 0. The van der Waals surface area contributed by atoms with Gasteiger partial charge in [-0.25, -0.2) is 9.79 Å². The van der Waals surface area contributed by atoms with Crippen LogP contribution in [0, 0.1) is 0 Å². The monoisotopic (exact) mass is 448 g/mol. The van der Waals surface area contributed by atoms with Crippen molar-refractivity contribution in [1.29, 1.82) is 0 Å². The van der Waals surface area contributed by atoms with Gasteiger partial charge in [-0.1, -0.05) is 47.5 Å². The van der Waals surface area contributed by atoms with Gasteiger partial charge in [-0.3, -0.25) is 0 Å². The summed E-state index contributed by atoms with van der Waals surface area (Å²) in [4.78, 5) is 18.7. The minimum Gasteiger partial charge on any atom is -0.477 e. The number of carboxylic acids is 1. The Morgan fingerprint density at radius 3 is 2.21 bits per heavy atom. The number of fused-ring (bicyclic) bond motifs is 1. The van der Waals surface area contributed by atoms with Gasteiger partial charge in [-0.15, -0.1) is 0 Å². The molecule has 2 aliphatic rings. The molecule has 2 aliphatic heterocycles. The van der Waals surface area contributed by atoms with Crippen molar-refractivity contribution in [2.75, 3.05) is 0 Å². The lowest BCUT2D eigenvalue weighted by atomic mass is 9.81. The first-order valence-corrected chi connectivity index (χ1v) is 10.5. The van der Waals surface area contributed by atoms with Gasteiger partial charge in [-0.05, 0) is 61.0 Å². The molecular formula is C21H18Cl2N2O3S. The predicted molar refractivity (Wildman–Crippen MR) is 116 cm³/mol. The number of carbonyl (C=O) groups is 1. The van der Waals surface area contributed by atoms with Gasteiger partial charge in [0.15, 0.2) is 5.17 Å². The van der Waals surface area contributed by atoms with Crippen molar-refractivity contribution in [2.45, 2.75) is 31.5 Å². The zero-order chi connectivity index (χ0) is 20.9. The highest BCUT2D eigenvalue weighted by molar-refractivity contribution is 8.18. The van der Waals surface area contributed by atoms with E-state index in [1.54, 1.807) is 19.1 Å². The van der Waals surface area contributed by atoms with Crippen molar-refractivity contribution in [2.24, 2.45) is 4.99 Å². The van der Waals surface area contributed by atoms with E-state index in [0.29, 0.717) is 20.9 Å². The molecule has 0 bridgehead atoms. The fraction of sp³-hybridized carbons (Fsp3) is 0.238. The van der Waals surface area contributed by atoms with E-state index in [4.69, 9.17) is 28.2 Å². The number of amidine groups is 1. The first kappa shape index (κ1) is 20.3. The Balaban J connectivity index is 1.92. The highest BCUT2D eigenvalue weighted by Crippen LogP contribution is 2.55. The SMILES string of the molecule is CC(O)C1=C(C(=O)O)SC2=N[C@@](C)(c3ccc(Cl)cc3)[C@@H](c3ccc(Cl)cc3)N21. The molecule has 2 aromatic carbocycles. The van der Waals surface area contributed by atoms with Gasteiger partial charge in [0.1, 0.15) is 10.4 Å². The van der Waals surface area contributed by atoms with Gasteiger partial charge >= 0.3 is 5.97 Å². The average Bonchev–Trinajstić information content (AvgIpc) is 3.16. The van der Waals surface area contributed by atoms with Crippen molar-refractivity contribution in [3.63, 3.8) is 0 Å². The molecule has 0 saturated carbocycles. The summed E-state index contributed by atoms with van der Waals surface area (Å²) in [5.74, 6) is -1.08. The second-order valence-electron chi connectivity index (χ2n) is 7.17. The van der Waals surface area contributed by atoms with Gasteiger partial charge in [0.05, 0.1) is 17.8 Å². The minimum atomic E-state index is -1.08. The fourth-order valence-corrected chi connectivity index (χ4v) is 5.35. The number of aliphatic hydroxyl groups excluding tert-OH is 1. The summed E-state index contributed by atoms with van der Waals surface area (Å²) in [6.07, 6.45) is -0.969. The number of nitrogens with zero attached hydrogens (tertiary/aromatic N) is 2. The van der Waals surface area contributed by atoms with E-state index < -0.39 is 17.6 Å². The molecule has 1 unspecified atom stereocenters. The number of aliphatic imine (C=N–C) groups is 1. The lowest BCUT2D eigenvalue weighted by molar-refractivity contribution is -0.132. The molecule has 2 aromatic rings. The molecule has 0 amide bonds. The number of aliphatic hydroxyl groups is 1. The quantitative estimate of drug-likeness (QED) is 0.684. The molecule has 8 heteroatoms. The van der Waals surface area contributed by atoms with Crippen molar-refractivity contribution in [1.82, 2.24) is 4.90 Å². The molecule has 0 aromatic heterocycles. The molecule has 4 rings (SSSR count). The molecule has 3 atom stereocenters. The molecule has 0 saturated heterocycles. The Morgan fingerprint density at radius 2 is 1.69 bits per heavy atom. The predicted octanol–water partition coefficient (Wildman–Crippen LogP) is 5.05. The number of hydrogen-bond acceptors (Lipinski definition) is 5. The Morgan fingerprint density at radius 1 is 1.14 bits per heavy atom. The Bertz CT molecular complexity index is 1030. The number of aliphatic carboxylic acids is 1. The summed E-state index contributed by atoms with van der Waals surface area (Å²) in [6.45, 7) is 3.57. The van der Waals surface area contributed by atoms with Crippen LogP contribution in [0.2, 0.25) is 10.0 Å². The largest absolute Gasteiger partial charge is 0.477 e. The van der Waals surface area contributed by atoms with Crippen molar-refractivity contribution < 1.29 is 15.0 Å². The number of halogens is 2. The second kappa shape index (κ2) is 7.36. The van der Waals surface area contributed by atoms with E-state index >= 15 is 0 Å². The number of rotatable bonds is 4. The third-order valence-electron chi connectivity index (χ3n) is 5.21. The number of carboxylic acid groups (broad SMARTS) is 1. The maximum atomic E-state index is 11.8. The molecule has 0 spiro atoms. The van der Waals surface area contributed by atoms with E-state index in [1.807, 2.05) is 48.2 Å². The van der Waals surface area contributed by atoms with Crippen LogP contribution in [0.3, 0.4) is 0 Å². The molecule has 5 nitrogen and oxygen atoms in total. The zero-order valence-electron chi connectivity index (χ0n) is 15.6.